The molecule has 0 amide bonds. The average Bonchev–Trinajstić information content (AvgIpc) is 3.22. The van der Waals surface area contributed by atoms with E-state index in [9.17, 15) is 13.4 Å². The molecule has 2 aliphatic rings. The van der Waals surface area contributed by atoms with E-state index in [-0.39, 0.29) is 17.4 Å². The number of rotatable bonds is 5. The number of sulfonamides is 1. The van der Waals surface area contributed by atoms with Crippen molar-refractivity contribution in [2.75, 3.05) is 13.7 Å². The summed E-state index contributed by atoms with van der Waals surface area (Å²) in [5.41, 5.74) is 2.73. The van der Waals surface area contributed by atoms with Crippen molar-refractivity contribution in [1.29, 1.82) is 0 Å². The second-order valence-electron chi connectivity index (χ2n) is 7.57. The quantitative estimate of drug-likeness (QED) is 0.439. The number of benzene rings is 2. The molecule has 2 heterocycles. The van der Waals surface area contributed by atoms with Crippen molar-refractivity contribution >= 4 is 34.7 Å². The number of amidine groups is 1. The van der Waals surface area contributed by atoms with Crippen LogP contribution in [-0.4, -0.2) is 51.3 Å². The summed E-state index contributed by atoms with van der Waals surface area (Å²) in [6.45, 7) is 4.82. The van der Waals surface area contributed by atoms with Crippen LogP contribution in [0.3, 0.4) is 0 Å². The van der Waals surface area contributed by atoms with Crippen LogP contribution in [0.1, 0.15) is 30.5 Å². The standard InChI is InChI=1S/C20H22BN3O5S/c1-13(2)11-24(20-16-6-4-5-7-18(16)30(26,27)23-20)22-10-14-8-15-12-29-21(25)19(15)17(9-14)28-3/h4-10,13,25H,11-12H2,1-3H3/b22-10+. The molecule has 8 nitrogen and oxygen atoms in total. The lowest BCUT2D eigenvalue weighted by Crippen LogP contribution is -2.30. The Bertz CT molecular complexity index is 1150. The Kier molecular flexibility index (Phi) is 5.39. The number of fused-ring (bicyclic) bond motifs is 2. The van der Waals surface area contributed by atoms with Gasteiger partial charge in [-0.1, -0.05) is 26.0 Å². The minimum Gasteiger partial charge on any atom is -0.497 e. The monoisotopic (exact) mass is 427 g/mol. The van der Waals surface area contributed by atoms with E-state index in [1.165, 1.54) is 7.11 Å². The Labute approximate surface area is 176 Å². The van der Waals surface area contributed by atoms with Gasteiger partial charge in [-0.3, -0.25) is 0 Å². The first-order chi connectivity index (χ1) is 14.3. The summed E-state index contributed by atoms with van der Waals surface area (Å²) in [7, 11) is -3.21. The van der Waals surface area contributed by atoms with Gasteiger partial charge in [0.15, 0.2) is 5.84 Å². The molecule has 0 aromatic heterocycles. The van der Waals surface area contributed by atoms with Crippen molar-refractivity contribution in [3.63, 3.8) is 0 Å². The molecule has 0 unspecified atom stereocenters. The summed E-state index contributed by atoms with van der Waals surface area (Å²) >= 11 is 0. The van der Waals surface area contributed by atoms with Gasteiger partial charge < -0.3 is 14.4 Å². The molecule has 0 radical (unpaired) electrons. The summed E-state index contributed by atoms with van der Waals surface area (Å²) in [6, 6.07) is 10.4. The fourth-order valence-corrected chi connectivity index (χ4v) is 4.75. The topological polar surface area (TPSA) is 101 Å². The van der Waals surface area contributed by atoms with Crippen LogP contribution in [0.4, 0.5) is 0 Å². The van der Waals surface area contributed by atoms with Gasteiger partial charge in [-0.25, -0.2) is 5.01 Å². The maximum absolute atomic E-state index is 12.4. The largest absolute Gasteiger partial charge is 0.497 e. The molecule has 10 heteroatoms. The predicted molar refractivity (Wildman–Crippen MR) is 115 cm³/mol. The zero-order valence-electron chi connectivity index (χ0n) is 16.9. The van der Waals surface area contributed by atoms with Crippen LogP contribution < -0.4 is 10.2 Å². The maximum Gasteiger partial charge on any atom is 0.495 e. The number of hydrazone groups is 1. The van der Waals surface area contributed by atoms with Gasteiger partial charge in [0.1, 0.15) is 10.6 Å². The molecule has 156 valence electrons. The van der Waals surface area contributed by atoms with E-state index >= 15 is 0 Å². The van der Waals surface area contributed by atoms with Crippen LogP contribution in [0.2, 0.25) is 0 Å². The molecule has 0 bridgehead atoms. The summed E-state index contributed by atoms with van der Waals surface area (Å²) in [6.07, 6.45) is 1.63. The molecule has 0 saturated carbocycles. The lowest BCUT2D eigenvalue weighted by atomic mass is 9.78. The second-order valence-corrected chi connectivity index (χ2v) is 9.14. The molecule has 0 fully saturated rings. The van der Waals surface area contributed by atoms with E-state index in [0.29, 0.717) is 29.2 Å². The molecule has 2 aromatic rings. The molecule has 4 rings (SSSR count). The van der Waals surface area contributed by atoms with E-state index in [1.54, 1.807) is 41.6 Å². The molecule has 0 aliphatic carbocycles. The van der Waals surface area contributed by atoms with Crippen LogP contribution in [0.15, 0.2) is 50.8 Å². The van der Waals surface area contributed by atoms with Crippen LogP contribution in [0, 0.1) is 5.92 Å². The van der Waals surface area contributed by atoms with Gasteiger partial charge in [0.05, 0.1) is 19.9 Å². The van der Waals surface area contributed by atoms with Crippen molar-refractivity contribution in [2.24, 2.45) is 15.4 Å². The van der Waals surface area contributed by atoms with Gasteiger partial charge in [0.25, 0.3) is 10.0 Å². The molecular formula is C20H22BN3O5S. The molecule has 0 atom stereocenters. The second kappa shape index (κ2) is 7.86. The number of methoxy groups -OCH3 is 1. The highest BCUT2D eigenvalue weighted by molar-refractivity contribution is 7.90. The first-order valence-corrected chi connectivity index (χ1v) is 11.0. The van der Waals surface area contributed by atoms with Gasteiger partial charge in [0, 0.05) is 17.6 Å². The van der Waals surface area contributed by atoms with Crippen molar-refractivity contribution in [1.82, 2.24) is 5.01 Å². The maximum atomic E-state index is 12.4. The first kappa shape index (κ1) is 20.6. The number of ether oxygens (including phenoxy) is 1. The average molecular weight is 427 g/mol. The van der Waals surface area contributed by atoms with Crippen LogP contribution in [-0.2, 0) is 21.3 Å². The zero-order valence-corrected chi connectivity index (χ0v) is 17.8. The van der Waals surface area contributed by atoms with Gasteiger partial charge in [-0.05, 0) is 41.3 Å². The highest BCUT2D eigenvalue weighted by atomic mass is 32.2. The molecule has 30 heavy (non-hydrogen) atoms. The van der Waals surface area contributed by atoms with Crippen molar-refractivity contribution in [2.45, 2.75) is 25.3 Å². The third kappa shape index (κ3) is 3.73. The number of hydrogen-bond acceptors (Lipinski definition) is 7. The third-order valence-electron chi connectivity index (χ3n) is 4.85. The van der Waals surface area contributed by atoms with E-state index in [0.717, 1.165) is 11.1 Å². The highest BCUT2D eigenvalue weighted by Gasteiger charge is 2.33. The van der Waals surface area contributed by atoms with Gasteiger partial charge in [-0.15, -0.1) is 4.40 Å². The van der Waals surface area contributed by atoms with Gasteiger partial charge >= 0.3 is 7.12 Å². The van der Waals surface area contributed by atoms with E-state index in [1.807, 2.05) is 19.9 Å². The van der Waals surface area contributed by atoms with Crippen molar-refractivity contribution in [3.05, 3.63) is 53.1 Å². The SMILES string of the molecule is COc1cc(/C=N/N(CC(C)C)C2=NS(=O)(=O)c3ccccc32)cc2c1B(O)OC2. The summed E-state index contributed by atoms with van der Waals surface area (Å²) in [4.78, 5) is 0.189. The van der Waals surface area contributed by atoms with Crippen LogP contribution in [0.25, 0.3) is 0 Å². The fourth-order valence-electron chi connectivity index (χ4n) is 3.55. The van der Waals surface area contributed by atoms with Gasteiger partial charge in [0.2, 0.25) is 0 Å². The Balaban J connectivity index is 1.72. The Morgan fingerprint density at radius 2 is 2.13 bits per heavy atom. The summed E-state index contributed by atoms with van der Waals surface area (Å²) in [5.74, 6) is 1.04. The lowest BCUT2D eigenvalue weighted by Gasteiger charge is -2.21. The van der Waals surface area contributed by atoms with Crippen molar-refractivity contribution < 1.29 is 22.8 Å². The Morgan fingerprint density at radius 3 is 2.87 bits per heavy atom. The van der Waals surface area contributed by atoms with E-state index in [2.05, 4.69) is 9.50 Å². The third-order valence-corrected chi connectivity index (χ3v) is 6.18. The van der Waals surface area contributed by atoms with Crippen molar-refractivity contribution in [3.8, 4) is 5.75 Å². The summed E-state index contributed by atoms with van der Waals surface area (Å²) in [5, 5.41) is 16.1. The zero-order chi connectivity index (χ0) is 21.5. The minimum absolute atomic E-state index is 0.189. The molecule has 2 aliphatic heterocycles. The molecule has 0 spiro atoms. The minimum atomic E-state index is -3.74. The lowest BCUT2D eigenvalue weighted by molar-refractivity contribution is 0.275. The normalized spacial score (nSPS) is 16.7. The molecular weight excluding hydrogens is 405 g/mol. The molecule has 2 aromatic carbocycles. The van der Waals surface area contributed by atoms with Crippen LogP contribution >= 0.6 is 0 Å². The molecule has 0 saturated heterocycles. The van der Waals surface area contributed by atoms with Gasteiger partial charge in [-0.2, -0.15) is 13.5 Å². The van der Waals surface area contributed by atoms with Crippen LogP contribution in [0.5, 0.6) is 5.75 Å². The smallest absolute Gasteiger partial charge is 0.495 e. The predicted octanol–water partition coefficient (Wildman–Crippen LogP) is 1.35. The first-order valence-electron chi connectivity index (χ1n) is 9.56. The highest BCUT2D eigenvalue weighted by Crippen LogP contribution is 2.28. The van der Waals surface area contributed by atoms with E-state index in [4.69, 9.17) is 9.39 Å². The fraction of sp³-hybridized carbons (Fsp3) is 0.300. The Morgan fingerprint density at radius 1 is 1.37 bits per heavy atom. The van der Waals surface area contributed by atoms with E-state index < -0.39 is 17.1 Å². The summed E-state index contributed by atoms with van der Waals surface area (Å²) < 4.78 is 39.6. The number of hydrogen-bond donors (Lipinski definition) is 1. The Hall–Kier alpha value is -2.69. The number of nitrogens with zero attached hydrogens (tertiary/aromatic N) is 3. The molecule has 1 N–H and O–H groups in total.